The van der Waals surface area contributed by atoms with Crippen LogP contribution in [0.1, 0.15) is 32.3 Å². The fourth-order valence-electron chi connectivity index (χ4n) is 2.68. The van der Waals surface area contributed by atoms with Crippen molar-refractivity contribution in [3.05, 3.63) is 23.8 Å². The van der Waals surface area contributed by atoms with E-state index in [0.717, 1.165) is 5.56 Å². The fraction of sp³-hybridized carbons (Fsp3) is 0.562. The molecule has 1 aliphatic heterocycles. The number of piperidine rings is 1. The molecule has 0 saturated carbocycles. The summed E-state index contributed by atoms with van der Waals surface area (Å²) in [5.41, 5.74) is 0.742. The molecule has 0 aromatic heterocycles. The van der Waals surface area contributed by atoms with Crippen LogP contribution in [0.4, 0.5) is 0 Å². The molecule has 6 nitrogen and oxygen atoms in total. The Morgan fingerprint density at radius 1 is 1.39 bits per heavy atom. The lowest BCUT2D eigenvalue weighted by Crippen LogP contribution is -2.42. The Hall–Kier alpha value is -1.60. The molecule has 1 unspecified atom stereocenters. The number of carbonyl (C=O) groups is 1. The maximum absolute atomic E-state index is 12.7. The summed E-state index contributed by atoms with van der Waals surface area (Å²) < 4.78 is 32.4. The molecule has 1 aliphatic rings. The molecule has 0 bridgehead atoms. The monoisotopic (exact) mass is 341 g/mol. The predicted octanol–water partition coefficient (Wildman–Crippen LogP) is 2.27. The Balaban J connectivity index is 2.25. The van der Waals surface area contributed by atoms with Crippen LogP contribution in [-0.2, 0) is 14.8 Å². The van der Waals surface area contributed by atoms with Crippen LogP contribution in [0.15, 0.2) is 23.1 Å². The molecule has 2 rings (SSSR count). The Labute approximate surface area is 137 Å². The van der Waals surface area contributed by atoms with Crippen molar-refractivity contribution in [1.82, 2.24) is 4.31 Å². The summed E-state index contributed by atoms with van der Waals surface area (Å²) >= 11 is 0. The molecule has 1 aromatic rings. The summed E-state index contributed by atoms with van der Waals surface area (Å²) in [5.74, 6) is -0.925. The number of aliphatic carboxylic acids is 1. The maximum Gasteiger partial charge on any atom is 0.307 e. The predicted molar refractivity (Wildman–Crippen MR) is 86.1 cm³/mol. The smallest absolute Gasteiger partial charge is 0.307 e. The van der Waals surface area contributed by atoms with Crippen molar-refractivity contribution in [1.29, 1.82) is 0 Å². The number of nitrogens with zero attached hydrogens (tertiary/aromatic N) is 1. The third-order valence-corrected chi connectivity index (χ3v) is 5.74. The van der Waals surface area contributed by atoms with Gasteiger partial charge in [0, 0.05) is 13.1 Å². The number of aryl methyl sites for hydroxylation is 1. The maximum atomic E-state index is 12.7. The number of carboxylic acid groups (broad SMARTS) is 1. The van der Waals surface area contributed by atoms with E-state index in [2.05, 4.69) is 0 Å². The summed E-state index contributed by atoms with van der Waals surface area (Å²) in [6.45, 7) is 6.00. The quantitative estimate of drug-likeness (QED) is 0.888. The summed E-state index contributed by atoms with van der Waals surface area (Å²) in [5, 5.41) is 9.12. The Kier molecular flexibility index (Phi) is 5.31. The molecule has 0 spiro atoms. The van der Waals surface area contributed by atoms with E-state index in [9.17, 15) is 13.2 Å². The Bertz CT molecular complexity index is 684. The van der Waals surface area contributed by atoms with E-state index in [0.29, 0.717) is 25.1 Å². The van der Waals surface area contributed by atoms with Crippen molar-refractivity contribution in [2.75, 3.05) is 13.1 Å². The highest BCUT2D eigenvalue weighted by Gasteiger charge is 2.33. The van der Waals surface area contributed by atoms with Gasteiger partial charge < -0.3 is 9.84 Å². The highest BCUT2D eigenvalue weighted by molar-refractivity contribution is 7.89. The third-order valence-electron chi connectivity index (χ3n) is 3.88. The minimum atomic E-state index is -3.68. The van der Waals surface area contributed by atoms with E-state index in [4.69, 9.17) is 9.84 Å². The Morgan fingerprint density at radius 3 is 2.65 bits per heavy atom. The first-order chi connectivity index (χ1) is 10.7. The second-order valence-electron chi connectivity index (χ2n) is 6.13. The van der Waals surface area contributed by atoms with Crippen LogP contribution in [0.2, 0.25) is 0 Å². The molecule has 0 amide bonds. The summed E-state index contributed by atoms with van der Waals surface area (Å²) in [7, 11) is -3.68. The minimum Gasteiger partial charge on any atom is -0.491 e. The molecule has 1 fully saturated rings. The van der Waals surface area contributed by atoms with Crippen LogP contribution in [-0.4, -0.2) is 43.0 Å². The van der Waals surface area contributed by atoms with Gasteiger partial charge in [-0.25, -0.2) is 8.42 Å². The van der Waals surface area contributed by atoms with Gasteiger partial charge in [0.15, 0.2) is 0 Å². The van der Waals surface area contributed by atoms with Gasteiger partial charge in [-0.15, -0.1) is 0 Å². The minimum absolute atomic E-state index is 0.00887. The van der Waals surface area contributed by atoms with Gasteiger partial charge >= 0.3 is 5.97 Å². The van der Waals surface area contributed by atoms with Crippen LogP contribution in [0, 0.1) is 12.8 Å². The first-order valence-corrected chi connectivity index (χ1v) is 9.16. The van der Waals surface area contributed by atoms with Crippen LogP contribution in [0.5, 0.6) is 5.75 Å². The van der Waals surface area contributed by atoms with Crippen LogP contribution < -0.4 is 4.74 Å². The molecule has 1 aromatic carbocycles. The van der Waals surface area contributed by atoms with E-state index in [1.165, 1.54) is 10.4 Å². The lowest BCUT2D eigenvalue weighted by molar-refractivity contribution is -0.142. The zero-order valence-corrected chi connectivity index (χ0v) is 14.5. The van der Waals surface area contributed by atoms with Crippen molar-refractivity contribution >= 4 is 16.0 Å². The van der Waals surface area contributed by atoms with Crippen molar-refractivity contribution in [2.45, 2.75) is 44.6 Å². The van der Waals surface area contributed by atoms with Gasteiger partial charge in [0.1, 0.15) is 5.75 Å². The van der Waals surface area contributed by atoms with Crippen molar-refractivity contribution < 1.29 is 23.1 Å². The molecule has 23 heavy (non-hydrogen) atoms. The molecule has 128 valence electrons. The highest BCUT2D eigenvalue weighted by Crippen LogP contribution is 2.27. The van der Waals surface area contributed by atoms with Gasteiger partial charge in [-0.3, -0.25) is 4.79 Å². The zero-order chi connectivity index (χ0) is 17.2. The number of hydrogen-bond acceptors (Lipinski definition) is 4. The van der Waals surface area contributed by atoms with Crippen LogP contribution in [0.3, 0.4) is 0 Å². The van der Waals surface area contributed by atoms with E-state index in [-0.39, 0.29) is 17.5 Å². The summed E-state index contributed by atoms with van der Waals surface area (Å²) in [6.07, 6.45) is 1.08. The van der Waals surface area contributed by atoms with E-state index >= 15 is 0 Å². The fourth-order valence-corrected chi connectivity index (χ4v) is 4.29. The topological polar surface area (TPSA) is 83.9 Å². The van der Waals surface area contributed by atoms with Gasteiger partial charge in [0.25, 0.3) is 0 Å². The second kappa shape index (κ2) is 6.88. The van der Waals surface area contributed by atoms with Gasteiger partial charge in [0.2, 0.25) is 10.0 Å². The molecule has 7 heteroatoms. The normalized spacial score (nSPS) is 19.7. The number of carboxylic acids is 1. The number of benzene rings is 1. The second-order valence-corrected chi connectivity index (χ2v) is 8.07. The zero-order valence-electron chi connectivity index (χ0n) is 13.7. The summed E-state index contributed by atoms with van der Waals surface area (Å²) in [6, 6.07) is 4.75. The van der Waals surface area contributed by atoms with E-state index in [1.54, 1.807) is 19.1 Å². The van der Waals surface area contributed by atoms with Gasteiger partial charge in [-0.2, -0.15) is 4.31 Å². The van der Waals surface area contributed by atoms with Crippen LogP contribution in [0.25, 0.3) is 0 Å². The molecule has 1 heterocycles. The standard InChI is InChI=1S/C16H23NO5S/c1-11(2)22-15-7-6-14(9-12(15)3)23(20,21)17-8-4-5-13(10-17)16(18)19/h6-7,9,11,13H,4-5,8,10H2,1-3H3,(H,18,19). The molecular weight excluding hydrogens is 318 g/mol. The van der Waals surface area contributed by atoms with E-state index in [1.807, 2.05) is 13.8 Å². The number of sulfonamides is 1. The van der Waals surface area contributed by atoms with Crippen molar-refractivity contribution in [2.24, 2.45) is 5.92 Å². The number of ether oxygens (including phenoxy) is 1. The lowest BCUT2D eigenvalue weighted by Gasteiger charge is -2.30. The molecule has 0 radical (unpaired) electrons. The summed E-state index contributed by atoms with van der Waals surface area (Å²) in [4.78, 5) is 11.3. The highest BCUT2D eigenvalue weighted by atomic mass is 32.2. The Morgan fingerprint density at radius 2 is 2.09 bits per heavy atom. The average Bonchev–Trinajstić information content (AvgIpc) is 2.49. The van der Waals surface area contributed by atoms with Gasteiger partial charge in [-0.1, -0.05) is 0 Å². The van der Waals surface area contributed by atoms with Gasteiger partial charge in [-0.05, 0) is 57.4 Å². The van der Waals surface area contributed by atoms with E-state index < -0.39 is 21.9 Å². The number of hydrogen-bond donors (Lipinski definition) is 1. The SMILES string of the molecule is Cc1cc(S(=O)(=O)N2CCCC(C(=O)O)C2)ccc1OC(C)C. The van der Waals surface area contributed by atoms with Gasteiger partial charge in [0.05, 0.1) is 16.9 Å². The first-order valence-electron chi connectivity index (χ1n) is 7.72. The van der Waals surface area contributed by atoms with Crippen LogP contribution >= 0.6 is 0 Å². The van der Waals surface area contributed by atoms with Crippen molar-refractivity contribution in [3.8, 4) is 5.75 Å². The molecule has 1 atom stereocenters. The lowest BCUT2D eigenvalue weighted by atomic mass is 10.0. The number of rotatable bonds is 5. The third kappa shape index (κ3) is 4.03. The van der Waals surface area contributed by atoms with Crippen molar-refractivity contribution in [3.63, 3.8) is 0 Å². The molecule has 1 N–H and O–H groups in total. The largest absolute Gasteiger partial charge is 0.491 e. The molecule has 1 saturated heterocycles. The molecule has 0 aliphatic carbocycles. The molecular formula is C16H23NO5S. The average molecular weight is 341 g/mol. The first kappa shape index (κ1) is 17.7.